The Morgan fingerprint density at radius 1 is 1.38 bits per heavy atom. The zero-order chi connectivity index (χ0) is 12.1. The SMILES string of the molecule is CC(Cc1ccc(F)cc1)NC(=O)C(C)Cl. The molecule has 2 nitrogen and oxygen atoms in total. The minimum absolute atomic E-state index is 0.0147. The number of nitrogens with one attached hydrogen (secondary N) is 1. The largest absolute Gasteiger partial charge is 0.352 e. The van der Waals surface area contributed by atoms with Crippen LogP contribution in [0, 0.1) is 5.82 Å². The number of amides is 1. The molecule has 1 N–H and O–H groups in total. The highest BCUT2D eigenvalue weighted by Gasteiger charge is 2.12. The molecule has 0 radical (unpaired) electrons. The third kappa shape index (κ3) is 4.19. The molecular weight excluding hydrogens is 229 g/mol. The molecule has 1 aromatic carbocycles. The summed E-state index contributed by atoms with van der Waals surface area (Å²) in [5.74, 6) is -0.439. The number of carbonyl (C=O) groups excluding carboxylic acids is 1. The maximum atomic E-state index is 12.7. The molecule has 0 aliphatic rings. The minimum Gasteiger partial charge on any atom is -0.352 e. The first-order valence-corrected chi connectivity index (χ1v) is 5.61. The van der Waals surface area contributed by atoms with E-state index in [9.17, 15) is 9.18 Å². The van der Waals surface area contributed by atoms with Crippen molar-refractivity contribution in [2.45, 2.75) is 31.7 Å². The van der Waals surface area contributed by atoms with Crippen LogP contribution in [-0.4, -0.2) is 17.3 Å². The number of benzene rings is 1. The second-order valence-corrected chi connectivity index (χ2v) is 4.51. The third-order valence-electron chi connectivity index (χ3n) is 2.21. The van der Waals surface area contributed by atoms with Crippen LogP contribution in [0.2, 0.25) is 0 Å². The summed E-state index contributed by atoms with van der Waals surface area (Å²) in [6, 6.07) is 6.23. The molecule has 2 unspecified atom stereocenters. The first-order valence-electron chi connectivity index (χ1n) is 5.18. The fourth-order valence-corrected chi connectivity index (χ4v) is 1.45. The van der Waals surface area contributed by atoms with E-state index >= 15 is 0 Å². The summed E-state index contributed by atoms with van der Waals surface area (Å²) in [5.41, 5.74) is 0.983. The molecule has 1 aromatic rings. The molecule has 1 rings (SSSR count). The maximum Gasteiger partial charge on any atom is 0.237 e. The summed E-state index contributed by atoms with van der Waals surface area (Å²) in [7, 11) is 0. The van der Waals surface area contributed by atoms with Gasteiger partial charge in [-0.1, -0.05) is 12.1 Å². The van der Waals surface area contributed by atoms with Gasteiger partial charge in [0.1, 0.15) is 11.2 Å². The number of rotatable bonds is 4. The van der Waals surface area contributed by atoms with Crippen LogP contribution in [0.5, 0.6) is 0 Å². The lowest BCUT2D eigenvalue weighted by atomic mass is 10.1. The van der Waals surface area contributed by atoms with Crippen LogP contribution in [-0.2, 0) is 11.2 Å². The van der Waals surface area contributed by atoms with Gasteiger partial charge < -0.3 is 5.32 Å². The Hall–Kier alpha value is -1.09. The van der Waals surface area contributed by atoms with Crippen molar-refractivity contribution in [1.29, 1.82) is 0 Å². The van der Waals surface area contributed by atoms with Gasteiger partial charge in [-0.3, -0.25) is 4.79 Å². The summed E-state index contributed by atoms with van der Waals surface area (Å²) in [6.45, 7) is 3.52. The second-order valence-electron chi connectivity index (χ2n) is 3.86. The molecule has 0 heterocycles. The normalized spacial score (nSPS) is 14.2. The molecule has 0 spiro atoms. The molecule has 0 aliphatic carbocycles. The van der Waals surface area contributed by atoms with E-state index < -0.39 is 5.38 Å². The Labute approximate surface area is 99.8 Å². The molecular formula is C12H15ClFNO. The Morgan fingerprint density at radius 3 is 2.44 bits per heavy atom. The van der Waals surface area contributed by atoms with E-state index in [4.69, 9.17) is 11.6 Å². The highest BCUT2D eigenvalue weighted by molar-refractivity contribution is 6.30. The van der Waals surface area contributed by atoms with Crippen LogP contribution in [0.25, 0.3) is 0 Å². The van der Waals surface area contributed by atoms with E-state index in [0.29, 0.717) is 6.42 Å². The molecule has 0 fully saturated rings. The van der Waals surface area contributed by atoms with Crippen LogP contribution in [0.1, 0.15) is 19.4 Å². The number of alkyl halides is 1. The van der Waals surface area contributed by atoms with Gasteiger partial charge in [0.25, 0.3) is 0 Å². The van der Waals surface area contributed by atoms with Crippen LogP contribution in [0.15, 0.2) is 24.3 Å². The Kier molecular flexibility index (Phi) is 4.74. The van der Waals surface area contributed by atoms with E-state index in [-0.39, 0.29) is 17.8 Å². The third-order valence-corrected chi connectivity index (χ3v) is 2.40. The van der Waals surface area contributed by atoms with Gasteiger partial charge in [0.15, 0.2) is 0 Å². The fraction of sp³-hybridized carbons (Fsp3) is 0.417. The topological polar surface area (TPSA) is 29.1 Å². The summed E-state index contributed by atoms with van der Waals surface area (Å²) in [4.78, 5) is 11.3. The van der Waals surface area contributed by atoms with Gasteiger partial charge in [0, 0.05) is 6.04 Å². The summed E-state index contributed by atoms with van der Waals surface area (Å²) >= 11 is 5.63. The van der Waals surface area contributed by atoms with Gasteiger partial charge >= 0.3 is 0 Å². The maximum absolute atomic E-state index is 12.7. The van der Waals surface area contributed by atoms with Gasteiger partial charge in [0.05, 0.1) is 0 Å². The van der Waals surface area contributed by atoms with E-state index in [1.54, 1.807) is 19.1 Å². The minimum atomic E-state index is -0.532. The van der Waals surface area contributed by atoms with Crippen molar-refractivity contribution in [2.75, 3.05) is 0 Å². The standard InChI is InChI=1S/C12H15ClFNO/c1-8(15-12(16)9(2)13)7-10-3-5-11(14)6-4-10/h3-6,8-9H,7H2,1-2H3,(H,15,16). The van der Waals surface area contributed by atoms with Crippen LogP contribution >= 0.6 is 11.6 Å². The van der Waals surface area contributed by atoms with Crippen LogP contribution < -0.4 is 5.32 Å². The lowest BCUT2D eigenvalue weighted by Gasteiger charge is -2.14. The van der Waals surface area contributed by atoms with Crippen LogP contribution in [0.3, 0.4) is 0 Å². The summed E-state index contributed by atoms with van der Waals surface area (Å²) in [6.07, 6.45) is 0.662. The molecule has 0 saturated heterocycles. The van der Waals surface area contributed by atoms with Gasteiger partial charge in [-0.05, 0) is 38.0 Å². The van der Waals surface area contributed by atoms with Gasteiger partial charge in [0.2, 0.25) is 5.91 Å². The van der Waals surface area contributed by atoms with Gasteiger partial charge in [-0.25, -0.2) is 4.39 Å². The highest BCUT2D eigenvalue weighted by Crippen LogP contribution is 2.06. The number of carbonyl (C=O) groups is 1. The molecule has 2 atom stereocenters. The average Bonchev–Trinajstić information content (AvgIpc) is 2.21. The summed E-state index contributed by atoms with van der Waals surface area (Å²) < 4.78 is 12.7. The lowest BCUT2D eigenvalue weighted by molar-refractivity contribution is -0.121. The van der Waals surface area contributed by atoms with Crippen molar-refractivity contribution in [3.63, 3.8) is 0 Å². The molecule has 16 heavy (non-hydrogen) atoms. The number of halogens is 2. The van der Waals surface area contributed by atoms with Crippen molar-refractivity contribution >= 4 is 17.5 Å². The van der Waals surface area contributed by atoms with E-state index in [1.807, 2.05) is 6.92 Å². The number of hydrogen-bond acceptors (Lipinski definition) is 1. The molecule has 4 heteroatoms. The van der Waals surface area contributed by atoms with E-state index in [1.165, 1.54) is 12.1 Å². The molecule has 1 amide bonds. The van der Waals surface area contributed by atoms with Crippen LogP contribution in [0.4, 0.5) is 4.39 Å². The lowest BCUT2D eigenvalue weighted by Crippen LogP contribution is -2.38. The smallest absolute Gasteiger partial charge is 0.237 e. The van der Waals surface area contributed by atoms with Crippen molar-refractivity contribution in [1.82, 2.24) is 5.32 Å². The zero-order valence-electron chi connectivity index (χ0n) is 9.34. The average molecular weight is 244 g/mol. The van der Waals surface area contributed by atoms with Crippen molar-refractivity contribution in [3.8, 4) is 0 Å². The molecule has 88 valence electrons. The van der Waals surface area contributed by atoms with Crippen molar-refractivity contribution < 1.29 is 9.18 Å². The van der Waals surface area contributed by atoms with Gasteiger partial charge in [-0.15, -0.1) is 11.6 Å². The number of hydrogen-bond donors (Lipinski definition) is 1. The first-order chi connectivity index (χ1) is 7.49. The molecule has 0 bridgehead atoms. The van der Waals surface area contributed by atoms with Gasteiger partial charge in [-0.2, -0.15) is 0 Å². The van der Waals surface area contributed by atoms with E-state index in [0.717, 1.165) is 5.56 Å². The Bertz CT molecular complexity index is 351. The molecule has 0 aromatic heterocycles. The first kappa shape index (κ1) is 13.0. The predicted molar refractivity (Wildman–Crippen MR) is 63.0 cm³/mol. The van der Waals surface area contributed by atoms with Crippen molar-refractivity contribution in [3.05, 3.63) is 35.6 Å². The summed E-state index contributed by atoms with van der Waals surface area (Å²) in [5, 5.41) is 2.25. The molecule has 0 saturated carbocycles. The quantitative estimate of drug-likeness (QED) is 0.809. The monoisotopic (exact) mass is 243 g/mol. The van der Waals surface area contributed by atoms with E-state index in [2.05, 4.69) is 5.32 Å². The Balaban J connectivity index is 2.48. The van der Waals surface area contributed by atoms with Crippen molar-refractivity contribution in [2.24, 2.45) is 0 Å². The highest BCUT2D eigenvalue weighted by atomic mass is 35.5. The fourth-order valence-electron chi connectivity index (χ4n) is 1.38. The molecule has 0 aliphatic heterocycles. The zero-order valence-corrected chi connectivity index (χ0v) is 10.1. The predicted octanol–water partition coefficient (Wildman–Crippen LogP) is 2.50. The second kappa shape index (κ2) is 5.85. The Morgan fingerprint density at radius 2 is 1.94 bits per heavy atom.